The van der Waals surface area contributed by atoms with Gasteiger partial charge in [-0.25, -0.2) is 0 Å². The van der Waals surface area contributed by atoms with Crippen molar-refractivity contribution >= 4 is 41.0 Å². The van der Waals surface area contributed by atoms with Gasteiger partial charge < -0.3 is 41.0 Å². The van der Waals surface area contributed by atoms with Crippen molar-refractivity contribution in [1.82, 2.24) is 16.0 Å². The van der Waals surface area contributed by atoms with E-state index in [-0.39, 0.29) is 41.6 Å². The molecule has 0 spiro atoms. The van der Waals surface area contributed by atoms with Crippen molar-refractivity contribution in [1.29, 1.82) is 0 Å². The third-order valence-corrected chi connectivity index (χ3v) is 5.58. The average molecular weight is 602 g/mol. The van der Waals surface area contributed by atoms with Crippen molar-refractivity contribution in [2.75, 3.05) is 31.6 Å². The number of aliphatic hydroxyl groups excluding tert-OH is 1. The summed E-state index contributed by atoms with van der Waals surface area (Å²) in [7, 11) is 0. The summed E-state index contributed by atoms with van der Waals surface area (Å²) in [6.07, 6.45) is -6.09. The molecule has 41 heavy (non-hydrogen) atoms. The minimum Gasteiger partial charge on any atom is -0.508 e. The maximum atomic E-state index is 12.7. The lowest BCUT2D eigenvalue weighted by atomic mass is 10.0. The van der Waals surface area contributed by atoms with Crippen LogP contribution in [0, 0.1) is 0 Å². The van der Waals surface area contributed by atoms with Crippen LogP contribution in [0.25, 0.3) is 0 Å². The van der Waals surface area contributed by atoms with Crippen LogP contribution in [0.3, 0.4) is 0 Å². The van der Waals surface area contributed by atoms with Crippen molar-refractivity contribution in [3.63, 3.8) is 0 Å². The molecule has 16 heteroatoms. The maximum Gasteiger partial charge on any atom is 0.573 e. The van der Waals surface area contributed by atoms with Crippen LogP contribution in [0.2, 0.25) is 5.02 Å². The number of aliphatic imine (C=N–C) groups is 1. The SMILES string of the molecule is CCOC(=O)C[C@H](NC(=O)CNC(=O)c1cc(O)cc(NC2=NCC(O)CN2)c1)c1cc(Cl)cc(OC(F)(F)F)c1. The molecule has 1 unspecified atom stereocenters. The van der Waals surface area contributed by atoms with Gasteiger partial charge in [0.2, 0.25) is 5.91 Å². The first kappa shape index (κ1) is 31.3. The number of anilines is 1. The molecular formula is C25H27ClF3N5O7. The highest BCUT2D eigenvalue weighted by Crippen LogP contribution is 2.30. The average Bonchev–Trinajstić information content (AvgIpc) is 2.86. The zero-order chi connectivity index (χ0) is 30.2. The van der Waals surface area contributed by atoms with Crippen LogP contribution in [0.4, 0.5) is 18.9 Å². The highest BCUT2D eigenvalue weighted by Gasteiger charge is 2.32. The van der Waals surface area contributed by atoms with Gasteiger partial charge in [-0.05, 0) is 42.8 Å². The first-order valence-corrected chi connectivity index (χ1v) is 12.6. The molecule has 0 aromatic heterocycles. The highest BCUT2D eigenvalue weighted by molar-refractivity contribution is 6.30. The van der Waals surface area contributed by atoms with E-state index in [0.717, 1.165) is 18.2 Å². The Kier molecular flexibility index (Phi) is 10.6. The fraction of sp³-hybridized carbons (Fsp3) is 0.360. The van der Waals surface area contributed by atoms with Crippen LogP contribution in [-0.2, 0) is 14.3 Å². The normalized spacial score (nSPS) is 15.6. The molecule has 0 saturated carbocycles. The second kappa shape index (κ2) is 13.9. The van der Waals surface area contributed by atoms with Crippen molar-refractivity contribution < 1.29 is 47.2 Å². The lowest BCUT2D eigenvalue weighted by Gasteiger charge is -2.20. The third kappa shape index (κ3) is 10.3. The van der Waals surface area contributed by atoms with E-state index in [1.165, 1.54) is 18.2 Å². The second-order valence-electron chi connectivity index (χ2n) is 8.70. The quantitative estimate of drug-likeness (QED) is 0.223. The smallest absolute Gasteiger partial charge is 0.508 e. The number of alkyl halides is 3. The van der Waals surface area contributed by atoms with Crippen molar-refractivity contribution in [2.24, 2.45) is 4.99 Å². The summed E-state index contributed by atoms with van der Waals surface area (Å²) in [5.74, 6) is -2.86. The molecule has 0 aliphatic carbocycles. The number of amides is 2. The molecule has 1 heterocycles. The van der Waals surface area contributed by atoms with Gasteiger partial charge in [0.15, 0.2) is 5.96 Å². The van der Waals surface area contributed by atoms with E-state index in [0.29, 0.717) is 11.6 Å². The van der Waals surface area contributed by atoms with Crippen molar-refractivity contribution in [3.8, 4) is 11.5 Å². The van der Waals surface area contributed by atoms with Crippen LogP contribution in [-0.4, -0.2) is 72.7 Å². The van der Waals surface area contributed by atoms with E-state index < -0.39 is 55.0 Å². The minimum absolute atomic E-state index is 0.0106. The number of hydrogen-bond acceptors (Lipinski definition) is 10. The number of esters is 1. The number of rotatable bonds is 10. The number of aromatic hydroxyl groups is 1. The molecular weight excluding hydrogens is 575 g/mol. The van der Waals surface area contributed by atoms with Crippen LogP contribution in [0.15, 0.2) is 41.4 Å². The number of guanidine groups is 1. The predicted molar refractivity (Wildman–Crippen MR) is 141 cm³/mol. The molecule has 1 aliphatic rings. The summed E-state index contributed by atoms with van der Waals surface area (Å²) in [6, 6.07) is 5.85. The fourth-order valence-electron chi connectivity index (χ4n) is 3.69. The van der Waals surface area contributed by atoms with Crippen molar-refractivity contribution in [2.45, 2.75) is 31.9 Å². The van der Waals surface area contributed by atoms with E-state index in [9.17, 15) is 37.8 Å². The molecule has 0 bridgehead atoms. The summed E-state index contributed by atoms with van der Waals surface area (Å²) >= 11 is 5.94. The van der Waals surface area contributed by atoms with Crippen LogP contribution >= 0.6 is 11.6 Å². The Morgan fingerprint density at radius 1 is 1.20 bits per heavy atom. The van der Waals surface area contributed by atoms with Gasteiger partial charge in [-0.1, -0.05) is 11.6 Å². The van der Waals surface area contributed by atoms with Gasteiger partial charge in [-0.15, -0.1) is 13.2 Å². The first-order chi connectivity index (χ1) is 19.3. The number of phenols is 1. The number of nitrogens with one attached hydrogen (secondary N) is 4. The van der Waals surface area contributed by atoms with Gasteiger partial charge in [0.05, 0.1) is 38.3 Å². The number of hydrogen-bond donors (Lipinski definition) is 6. The minimum atomic E-state index is -5.00. The molecule has 6 N–H and O–H groups in total. The number of phenolic OH excluding ortho intramolecular Hbond substituents is 1. The predicted octanol–water partition coefficient (Wildman–Crippen LogP) is 2.22. The second-order valence-corrected chi connectivity index (χ2v) is 9.13. The van der Waals surface area contributed by atoms with Crippen LogP contribution in [0.1, 0.15) is 35.3 Å². The maximum absolute atomic E-state index is 12.7. The molecule has 12 nitrogen and oxygen atoms in total. The first-order valence-electron chi connectivity index (χ1n) is 12.2. The van der Waals surface area contributed by atoms with E-state index in [4.69, 9.17) is 16.3 Å². The number of β-amino-alcohol motifs (C(OH)–C–C–N with tert-alkyl or cyclic N) is 1. The van der Waals surface area contributed by atoms with Gasteiger partial charge in [0.25, 0.3) is 5.91 Å². The van der Waals surface area contributed by atoms with Gasteiger partial charge in [-0.2, -0.15) is 0 Å². The number of benzene rings is 2. The van der Waals surface area contributed by atoms with E-state index >= 15 is 0 Å². The van der Waals surface area contributed by atoms with E-state index in [1.54, 1.807) is 6.92 Å². The summed E-state index contributed by atoms with van der Waals surface area (Å²) in [5, 5.41) is 30.0. The number of ether oxygens (including phenoxy) is 2. The Balaban J connectivity index is 1.69. The summed E-state index contributed by atoms with van der Waals surface area (Å²) in [4.78, 5) is 41.6. The lowest BCUT2D eigenvalue weighted by molar-refractivity contribution is -0.274. The number of halogens is 4. The zero-order valence-electron chi connectivity index (χ0n) is 21.5. The Morgan fingerprint density at radius 3 is 2.61 bits per heavy atom. The van der Waals surface area contributed by atoms with Gasteiger partial charge in [0, 0.05) is 28.9 Å². The molecule has 2 aromatic carbocycles. The van der Waals surface area contributed by atoms with E-state index in [2.05, 4.69) is 31.0 Å². The number of carbonyl (C=O) groups excluding carboxylic acids is 3. The summed E-state index contributed by atoms with van der Waals surface area (Å²) in [5.41, 5.74) is 0.318. The van der Waals surface area contributed by atoms with Gasteiger partial charge in [-0.3, -0.25) is 19.4 Å². The number of carbonyl (C=O) groups is 3. The molecule has 2 atom stereocenters. The molecule has 0 fully saturated rings. The van der Waals surface area contributed by atoms with Crippen molar-refractivity contribution in [3.05, 3.63) is 52.5 Å². The standard InChI is InChI=1S/C25H27ClF3N5O7/c1-2-40-22(38)9-20(13-3-15(26)7-19(6-13)41-25(27,28)29)34-21(37)12-30-23(39)14-4-16(8-17(35)5-14)33-24-31-10-18(36)11-32-24/h3-8,18,20,35-36H,2,9-12H2,1H3,(H,30,39)(H,34,37)(H2,31,32,33)/t20-/m0/s1. The monoisotopic (exact) mass is 601 g/mol. The number of aliphatic hydroxyl groups is 1. The molecule has 0 radical (unpaired) electrons. The Morgan fingerprint density at radius 2 is 1.95 bits per heavy atom. The topological polar surface area (TPSA) is 171 Å². The van der Waals surface area contributed by atoms with Gasteiger partial charge >= 0.3 is 12.3 Å². The molecule has 2 amide bonds. The molecule has 3 rings (SSSR count). The van der Waals surface area contributed by atoms with Gasteiger partial charge in [0.1, 0.15) is 11.5 Å². The van der Waals surface area contributed by atoms with E-state index in [1.807, 2.05) is 0 Å². The molecule has 2 aromatic rings. The molecule has 1 aliphatic heterocycles. The Labute approximate surface area is 236 Å². The Bertz CT molecular complexity index is 1310. The third-order valence-electron chi connectivity index (χ3n) is 5.36. The largest absolute Gasteiger partial charge is 0.573 e. The molecule has 0 saturated heterocycles. The molecule has 222 valence electrons. The summed E-state index contributed by atoms with van der Waals surface area (Å²) in [6.45, 7) is 1.42. The van der Waals surface area contributed by atoms with Crippen LogP contribution in [0.5, 0.6) is 11.5 Å². The lowest BCUT2D eigenvalue weighted by Crippen LogP contribution is -2.42. The zero-order valence-corrected chi connectivity index (χ0v) is 22.3. The fourth-order valence-corrected chi connectivity index (χ4v) is 3.92. The van der Waals surface area contributed by atoms with Crippen LogP contribution < -0.4 is 26.0 Å². The Hall–Kier alpha value is -4.24. The number of nitrogens with zero attached hydrogens (tertiary/aromatic N) is 1. The highest BCUT2D eigenvalue weighted by atomic mass is 35.5. The summed E-state index contributed by atoms with van der Waals surface area (Å²) < 4.78 is 47.0.